The quantitative estimate of drug-likeness (QED) is 0.449. The second kappa shape index (κ2) is 8.31. The van der Waals surface area contributed by atoms with Crippen molar-refractivity contribution in [3.05, 3.63) is 12.2 Å². The van der Waals surface area contributed by atoms with Crippen molar-refractivity contribution in [2.45, 2.75) is 46.5 Å². The van der Waals surface area contributed by atoms with Gasteiger partial charge in [-0.2, -0.15) is 0 Å². The molecule has 0 saturated heterocycles. The Labute approximate surface area is 83.6 Å². The molecule has 0 fully saturated rings. The average molecular weight is 183 g/mol. The molecule has 0 aromatic rings. The van der Waals surface area contributed by atoms with Gasteiger partial charge >= 0.3 is 0 Å². The van der Waals surface area contributed by atoms with Gasteiger partial charge in [-0.1, -0.05) is 19.4 Å². The Hall–Kier alpha value is -0.300. The van der Waals surface area contributed by atoms with Crippen molar-refractivity contribution in [3.8, 4) is 0 Å². The standard InChI is InChI=1S/C12H25N/c1-5-9-13-10-12(4)8-6-7-11(2)3/h12-13H,2,5-10H2,1,3-4H3. The summed E-state index contributed by atoms with van der Waals surface area (Å²) in [7, 11) is 0. The number of allylic oxidation sites excluding steroid dienone is 1. The first-order valence-electron chi connectivity index (χ1n) is 5.52. The van der Waals surface area contributed by atoms with Gasteiger partial charge in [0.1, 0.15) is 0 Å². The number of hydrogen-bond donors (Lipinski definition) is 1. The Morgan fingerprint density at radius 1 is 1.46 bits per heavy atom. The van der Waals surface area contributed by atoms with Crippen molar-refractivity contribution in [3.63, 3.8) is 0 Å². The van der Waals surface area contributed by atoms with E-state index in [4.69, 9.17) is 0 Å². The monoisotopic (exact) mass is 183 g/mol. The highest BCUT2D eigenvalue weighted by atomic mass is 14.8. The number of rotatable bonds is 8. The molecular formula is C12H25N. The summed E-state index contributed by atoms with van der Waals surface area (Å²) in [4.78, 5) is 0. The predicted octanol–water partition coefficient (Wildman–Crippen LogP) is 3.37. The van der Waals surface area contributed by atoms with Gasteiger partial charge in [0, 0.05) is 0 Å². The van der Waals surface area contributed by atoms with Crippen LogP contribution >= 0.6 is 0 Å². The van der Waals surface area contributed by atoms with Crippen molar-refractivity contribution >= 4 is 0 Å². The van der Waals surface area contributed by atoms with Gasteiger partial charge in [-0.3, -0.25) is 0 Å². The van der Waals surface area contributed by atoms with E-state index in [1.807, 2.05) is 0 Å². The molecule has 0 aromatic carbocycles. The summed E-state index contributed by atoms with van der Waals surface area (Å²) in [5.74, 6) is 0.811. The molecule has 1 nitrogen and oxygen atoms in total. The fourth-order valence-electron chi connectivity index (χ4n) is 1.38. The molecule has 0 aromatic heterocycles. The molecule has 0 spiro atoms. The van der Waals surface area contributed by atoms with Crippen molar-refractivity contribution in [2.24, 2.45) is 5.92 Å². The van der Waals surface area contributed by atoms with Crippen LogP contribution < -0.4 is 5.32 Å². The predicted molar refractivity (Wildman–Crippen MR) is 61.0 cm³/mol. The Kier molecular flexibility index (Phi) is 8.11. The fraction of sp³-hybridized carbons (Fsp3) is 0.833. The lowest BCUT2D eigenvalue weighted by Crippen LogP contribution is -2.21. The average Bonchev–Trinajstić information content (AvgIpc) is 2.04. The van der Waals surface area contributed by atoms with E-state index in [0.717, 1.165) is 12.5 Å². The van der Waals surface area contributed by atoms with Crippen LogP contribution in [0, 0.1) is 5.92 Å². The lowest BCUT2D eigenvalue weighted by molar-refractivity contribution is 0.467. The molecule has 0 saturated carbocycles. The second-order valence-corrected chi connectivity index (χ2v) is 4.16. The SMILES string of the molecule is C=C(C)CCCC(C)CNCCC. The van der Waals surface area contributed by atoms with Gasteiger partial charge in [0.25, 0.3) is 0 Å². The third-order valence-electron chi connectivity index (χ3n) is 2.22. The molecule has 0 radical (unpaired) electrons. The zero-order valence-electron chi connectivity index (χ0n) is 9.53. The molecular weight excluding hydrogens is 158 g/mol. The van der Waals surface area contributed by atoms with Gasteiger partial charge in [0.05, 0.1) is 0 Å². The van der Waals surface area contributed by atoms with Crippen LogP contribution in [-0.4, -0.2) is 13.1 Å². The van der Waals surface area contributed by atoms with Gasteiger partial charge in [-0.05, 0) is 51.6 Å². The van der Waals surface area contributed by atoms with E-state index < -0.39 is 0 Å². The van der Waals surface area contributed by atoms with Crippen LogP contribution in [0.1, 0.15) is 46.5 Å². The minimum Gasteiger partial charge on any atom is -0.316 e. The van der Waals surface area contributed by atoms with E-state index in [2.05, 4.69) is 32.7 Å². The summed E-state index contributed by atoms with van der Waals surface area (Å²) in [6.45, 7) is 12.9. The first-order valence-corrected chi connectivity index (χ1v) is 5.52. The van der Waals surface area contributed by atoms with E-state index in [0.29, 0.717) is 0 Å². The summed E-state index contributed by atoms with van der Waals surface area (Å²) in [6, 6.07) is 0. The van der Waals surface area contributed by atoms with Gasteiger partial charge in [-0.15, -0.1) is 6.58 Å². The Bertz CT molecular complexity index is 129. The molecule has 1 N–H and O–H groups in total. The van der Waals surface area contributed by atoms with Gasteiger partial charge in [0.15, 0.2) is 0 Å². The van der Waals surface area contributed by atoms with Crippen LogP contribution in [-0.2, 0) is 0 Å². The van der Waals surface area contributed by atoms with Crippen LogP contribution in [0.4, 0.5) is 0 Å². The fourth-order valence-corrected chi connectivity index (χ4v) is 1.38. The minimum atomic E-state index is 0.811. The molecule has 0 aliphatic carbocycles. The summed E-state index contributed by atoms with van der Waals surface area (Å²) in [5, 5.41) is 3.45. The van der Waals surface area contributed by atoms with Crippen molar-refractivity contribution in [1.29, 1.82) is 0 Å². The zero-order chi connectivity index (χ0) is 10.1. The topological polar surface area (TPSA) is 12.0 Å². The molecule has 1 heteroatoms. The molecule has 0 amide bonds. The first kappa shape index (κ1) is 12.7. The van der Waals surface area contributed by atoms with Crippen molar-refractivity contribution in [1.82, 2.24) is 5.32 Å². The summed E-state index contributed by atoms with van der Waals surface area (Å²) < 4.78 is 0. The largest absolute Gasteiger partial charge is 0.316 e. The lowest BCUT2D eigenvalue weighted by Gasteiger charge is -2.11. The van der Waals surface area contributed by atoms with E-state index in [1.54, 1.807) is 0 Å². The van der Waals surface area contributed by atoms with E-state index >= 15 is 0 Å². The normalized spacial score (nSPS) is 12.8. The molecule has 0 bridgehead atoms. The minimum absolute atomic E-state index is 0.811. The maximum absolute atomic E-state index is 3.91. The Morgan fingerprint density at radius 3 is 2.69 bits per heavy atom. The molecule has 1 unspecified atom stereocenters. The van der Waals surface area contributed by atoms with Crippen LogP contribution in [0.2, 0.25) is 0 Å². The zero-order valence-corrected chi connectivity index (χ0v) is 9.53. The number of hydrogen-bond acceptors (Lipinski definition) is 1. The molecule has 0 heterocycles. The number of nitrogens with one attached hydrogen (secondary N) is 1. The van der Waals surface area contributed by atoms with E-state index in [9.17, 15) is 0 Å². The maximum atomic E-state index is 3.91. The molecule has 78 valence electrons. The molecule has 13 heavy (non-hydrogen) atoms. The van der Waals surface area contributed by atoms with Crippen LogP contribution in [0.15, 0.2) is 12.2 Å². The van der Waals surface area contributed by atoms with E-state index in [-0.39, 0.29) is 0 Å². The highest BCUT2D eigenvalue weighted by Gasteiger charge is 2.00. The Balaban J connectivity index is 3.19. The summed E-state index contributed by atoms with van der Waals surface area (Å²) in [6.07, 6.45) is 5.05. The highest BCUT2D eigenvalue weighted by Crippen LogP contribution is 2.10. The van der Waals surface area contributed by atoms with Crippen molar-refractivity contribution in [2.75, 3.05) is 13.1 Å². The van der Waals surface area contributed by atoms with Gasteiger partial charge < -0.3 is 5.32 Å². The molecule has 0 rings (SSSR count). The smallest absolute Gasteiger partial charge is 0.00232 e. The van der Waals surface area contributed by atoms with Gasteiger partial charge in [0.2, 0.25) is 0 Å². The molecule has 0 aliphatic rings. The summed E-state index contributed by atoms with van der Waals surface area (Å²) in [5.41, 5.74) is 1.31. The second-order valence-electron chi connectivity index (χ2n) is 4.16. The first-order chi connectivity index (χ1) is 6.16. The Morgan fingerprint density at radius 2 is 2.15 bits per heavy atom. The highest BCUT2D eigenvalue weighted by molar-refractivity contribution is 4.87. The third kappa shape index (κ3) is 9.62. The molecule has 1 atom stereocenters. The van der Waals surface area contributed by atoms with Gasteiger partial charge in [-0.25, -0.2) is 0 Å². The van der Waals surface area contributed by atoms with Crippen LogP contribution in [0.25, 0.3) is 0 Å². The van der Waals surface area contributed by atoms with E-state index in [1.165, 1.54) is 37.8 Å². The van der Waals surface area contributed by atoms with Crippen molar-refractivity contribution < 1.29 is 0 Å². The molecule has 0 aliphatic heterocycles. The lowest BCUT2D eigenvalue weighted by atomic mass is 10.0. The van der Waals surface area contributed by atoms with Crippen LogP contribution in [0.5, 0.6) is 0 Å². The summed E-state index contributed by atoms with van der Waals surface area (Å²) >= 11 is 0. The third-order valence-corrected chi connectivity index (χ3v) is 2.22. The maximum Gasteiger partial charge on any atom is -0.00232 e. The van der Waals surface area contributed by atoms with Crippen LogP contribution in [0.3, 0.4) is 0 Å².